The van der Waals surface area contributed by atoms with Crippen LogP contribution in [-0.2, 0) is 6.56 Å². The Hall–Kier alpha value is -2.07. The molecular weight excluding hydrogens is 537 g/mol. The van der Waals surface area contributed by atoms with Gasteiger partial charge in [0.15, 0.2) is 0 Å². The van der Waals surface area contributed by atoms with Crippen LogP contribution in [0.2, 0.25) is 19.8 Å². The molecule has 0 saturated heterocycles. The number of pyridine rings is 3. The quantitative estimate of drug-likeness (QED) is 0.433. The standard InChI is InChI=1S/C18H12ClF3N3O2.3CH3.Sn/c1-9-5-23-7-13(22)17(9)25-10(2)3-15(16(19)18(25)26)27-8-14-12(21)4-11(20)6-24-14;;;;/h3-6H,8H2,1-2H3;3*1H3;/i8D2;;;;. The number of nitrogens with zero attached hydrogens (tertiary/aromatic N) is 3. The topological polar surface area (TPSA) is 57.0 Å². The Bertz CT molecular complexity index is 1310. The molecule has 0 N–H and O–H groups in total. The first kappa shape index (κ1) is 20.8. The molecule has 0 fully saturated rings. The molecule has 3 rings (SSSR count). The van der Waals surface area contributed by atoms with E-state index in [0.717, 1.165) is 4.57 Å². The SMILES string of the molecule is [2H]C([2H])(Oc1cc(C)n(-c2c(C)cn[c]([Sn]([CH3])([CH3])[CH3])c2F)c(=O)c1Cl)c1ncc(F)cc1F. The Morgan fingerprint density at radius 1 is 1.16 bits per heavy atom. The van der Waals surface area contributed by atoms with Crippen LogP contribution in [0.5, 0.6) is 5.75 Å². The molecule has 3 heterocycles. The van der Waals surface area contributed by atoms with E-state index in [1.165, 1.54) is 19.2 Å². The summed E-state index contributed by atoms with van der Waals surface area (Å²) in [5, 5.41) is -0.538. The van der Waals surface area contributed by atoms with Crippen molar-refractivity contribution in [2.24, 2.45) is 0 Å². The zero-order chi connectivity index (χ0) is 24.9. The van der Waals surface area contributed by atoms with Crippen LogP contribution in [0.1, 0.15) is 19.7 Å². The van der Waals surface area contributed by atoms with Crippen molar-refractivity contribution in [2.45, 2.75) is 35.2 Å². The van der Waals surface area contributed by atoms with Gasteiger partial charge in [-0.15, -0.1) is 0 Å². The second-order valence-electron chi connectivity index (χ2n) is 8.00. The molecule has 0 aliphatic rings. The molecule has 0 aliphatic carbocycles. The maximum atomic E-state index is 15.5. The number of aromatic nitrogens is 3. The molecule has 0 saturated carbocycles. The Labute approximate surface area is 189 Å². The molecule has 0 aliphatic heterocycles. The van der Waals surface area contributed by atoms with Gasteiger partial charge >= 0.3 is 180 Å². The van der Waals surface area contributed by atoms with E-state index < -0.39 is 64.4 Å². The molecule has 164 valence electrons. The van der Waals surface area contributed by atoms with E-state index in [0.29, 0.717) is 21.5 Å². The van der Waals surface area contributed by atoms with Crippen LogP contribution in [0.15, 0.2) is 29.3 Å². The summed E-state index contributed by atoms with van der Waals surface area (Å²) in [6.07, 6.45) is 2.14. The van der Waals surface area contributed by atoms with Gasteiger partial charge < -0.3 is 0 Å². The number of aryl methyl sites for hydroxylation is 2. The first-order chi connectivity index (χ1) is 15.1. The van der Waals surface area contributed by atoms with Crippen LogP contribution in [-0.4, -0.2) is 32.9 Å². The number of halogens is 4. The van der Waals surface area contributed by atoms with Crippen molar-refractivity contribution in [1.82, 2.24) is 14.5 Å². The van der Waals surface area contributed by atoms with Gasteiger partial charge in [-0.1, -0.05) is 0 Å². The van der Waals surface area contributed by atoms with Gasteiger partial charge in [0, 0.05) is 0 Å². The Kier molecular flexibility index (Phi) is 5.92. The number of hydrogen-bond donors (Lipinski definition) is 0. The van der Waals surface area contributed by atoms with Gasteiger partial charge in [-0.3, -0.25) is 0 Å². The molecule has 10 heteroatoms. The van der Waals surface area contributed by atoms with Crippen molar-refractivity contribution in [3.8, 4) is 11.4 Å². The van der Waals surface area contributed by atoms with Gasteiger partial charge in [-0.2, -0.15) is 0 Å². The predicted octanol–water partition coefficient (Wildman–Crippen LogP) is 4.44. The van der Waals surface area contributed by atoms with E-state index in [9.17, 15) is 13.6 Å². The maximum absolute atomic E-state index is 15.5. The van der Waals surface area contributed by atoms with Crippen LogP contribution in [0.25, 0.3) is 5.69 Å². The van der Waals surface area contributed by atoms with E-state index in [1.54, 1.807) is 6.92 Å². The molecule has 3 aromatic rings. The third-order valence-electron chi connectivity index (χ3n) is 4.48. The van der Waals surface area contributed by atoms with Crippen molar-refractivity contribution < 1.29 is 20.6 Å². The molecular formula is C21H21ClF3N3O2Sn. The van der Waals surface area contributed by atoms with Crippen molar-refractivity contribution in [3.63, 3.8) is 0 Å². The fraction of sp³-hybridized carbons (Fsp3) is 0.286. The first-order valence-electron chi connectivity index (χ1n) is 10.2. The van der Waals surface area contributed by atoms with Gasteiger partial charge in [0.05, 0.1) is 0 Å². The number of rotatable bonds is 5. The summed E-state index contributed by atoms with van der Waals surface area (Å²) in [4.78, 5) is 26.8. The zero-order valence-corrected chi connectivity index (χ0v) is 21.1. The average molecular weight is 561 g/mol. The molecule has 0 bridgehead atoms. The molecule has 0 spiro atoms. The third-order valence-corrected chi connectivity index (χ3v) is 9.87. The first-order valence-corrected chi connectivity index (χ1v) is 19.6. The van der Waals surface area contributed by atoms with E-state index in [2.05, 4.69) is 9.97 Å². The Morgan fingerprint density at radius 2 is 1.84 bits per heavy atom. The minimum absolute atomic E-state index is 0.0110. The van der Waals surface area contributed by atoms with E-state index in [1.807, 2.05) is 14.8 Å². The van der Waals surface area contributed by atoms with Gasteiger partial charge in [0.2, 0.25) is 0 Å². The summed E-state index contributed by atoms with van der Waals surface area (Å²) in [5.74, 6) is -3.25. The monoisotopic (exact) mass is 561 g/mol. The molecule has 0 atom stereocenters. The van der Waals surface area contributed by atoms with E-state index in [4.69, 9.17) is 19.1 Å². The summed E-state index contributed by atoms with van der Waals surface area (Å²) in [6, 6.07) is 1.70. The van der Waals surface area contributed by atoms with Crippen LogP contribution in [0.3, 0.4) is 0 Å². The van der Waals surface area contributed by atoms with Gasteiger partial charge in [0.25, 0.3) is 0 Å². The van der Waals surface area contributed by atoms with Crippen molar-refractivity contribution in [1.29, 1.82) is 0 Å². The van der Waals surface area contributed by atoms with Crippen molar-refractivity contribution in [2.75, 3.05) is 0 Å². The summed E-state index contributed by atoms with van der Waals surface area (Å²) >= 11 is 3.22. The Balaban J connectivity index is 2.15. The third kappa shape index (κ3) is 4.74. The molecule has 5 nitrogen and oxygen atoms in total. The molecule has 0 aromatic carbocycles. The Morgan fingerprint density at radius 3 is 2.45 bits per heavy atom. The molecule has 0 unspecified atom stereocenters. The molecule has 31 heavy (non-hydrogen) atoms. The fourth-order valence-corrected chi connectivity index (χ4v) is 6.67. The normalized spacial score (nSPS) is 13.1. The van der Waals surface area contributed by atoms with Crippen LogP contribution < -0.4 is 14.0 Å². The minimum atomic E-state index is -2.97. The summed E-state index contributed by atoms with van der Waals surface area (Å²) < 4.78 is 65.4. The van der Waals surface area contributed by atoms with Crippen molar-refractivity contribution >= 4 is 33.7 Å². The van der Waals surface area contributed by atoms with E-state index >= 15 is 4.39 Å². The average Bonchev–Trinajstić information content (AvgIpc) is 2.66. The van der Waals surface area contributed by atoms with Gasteiger partial charge in [-0.25, -0.2) is 4.39 Å². The summed E-state index contributed by atoms with van der Waals surface area (Å²) in [7, 11) is 0. The number of hydrogen-bond acceptors (Lipinski definition) is 4. The molecule has 0 amide bonds. The molecule has 0 radical (unpaired) electrons. The predicted molar refractivity (Wildman–Crippen MR) is 116 cm³/mol. The zero-order valence-electron chi connectivity index (χ0n) is 19.5. The van der Waals surface area contributed by atoms with Crippen LogP contribution in [0.4, 0.5) is 13.2 Å². The second kappa shape index (κ2) is 8.82. The summed E-state index contributed by atoms with van der Waals surface area (Å²) in [6.45, 7) is 0.230. The second-order valence-corrected chi connectivity index (χ2v) is 22.6. The number of ether oxygens (including phenoxy) is 1. The van der Waals surface area contributed by atoms with Gasteiger partial charge in [0.1, 0.15) is 5.82 Å². The molecule has 3 aromatic heterocycles. The van der Waals surface area contributed by atoms with Crippen LogP contribution in [0, 0.1) is 31.3 Å². The summed E-state index contributed by atoms with van der Waals surface area (Å²) in [5.41, 5.74) is -1.05. The van der Waals surface area contributed by atoms with Gasteiger partial charge in [-0.05, 0) is 0 Å². The fourth-order valence-electron chi connectivity index (χ4n) is 2.99. The van der Waals surface area contributed by atoms with Crippen LogP contribution >= 0.6 is 11.6 Å². The van der Waals surface area contributed by atoms with E-state index in [-0.39, 0.29) is 11.4 Å². The van der Waals surface area contributed by atoms with Crippen molar-refractivity contribution in [3.05, 3.63) is 74.3 Å².